The van der Waals surface area contributed by atoms with Crippen LogP contribution in [0.4, 0.5) is 0 Å². The van der Waals surface area contributed by atoms with Gasteiger partial charge in [0.25, 0.3) is 5.56 Å². The summed E-state index contributed by atoms with van der Waals surface area (Å²) in [6.07, 6.45) is 0. The number of thiol groups is 1. The van der Waals surface area contributed by atoms with E-state index in [2.05, 4.69) is 22.8 Å². The molecule has 82 valence electrons. The molecule has 0 fully saturated rings. The molecule has 0 bridgehead atoms. The van der Waals surface area contributed by atoms with Crippen molar-refractivity contribution >= 4 is 12.6 Å². The van der Waals surface area contributed by atoms with E-state index in [4.69, 9.17) is 5.84 Å². The molecule has 16 heavy (non-hydrogen) atoms. The Morgan fingerprint density at radius 2 is 2.12 bits per heavy atom. The summed E-state index contributed by atoms with van der Waals surface area (Å²) in [5, 5.41) is 7.59. The van der Waals surface area contributed by atoms with Gasteiger partial charge in [-0.3, -0.25) is 4.79 Å². The van der Waals surface area contributed by atoms with Crippen LogP contribution in [0.5, 0.6) is 0 Å². The second kappa shape index (κ2) is 3.97. The van der Waals surface area contributed by atoms with Gasteiger partial charge in [0, 0.05) is 5.56 Å². The number of nitrogen functional groups attached to an aromatic ring is 1. The minimum Gasteiger partial charge on any atom is -0.334 e. The third-order valence-electron chi connectivity index (χ3n) is 2.17. The highest BCUT2D eigenvalue weighted by atomic mass is 32.1. The van der Waals surface area contributed by atoms with E-state index in [1.165, 1.54) is 0 Å². The molecule has 0 saturated carbocycles. The molecule has 2 aromatic rings. The van der Waals surface area contributed by atoms with Crippen molar-refractivity contribution in [1.29, 1.82) is 0 Å². The van der Waals surface area contributed by atoms with Gasteiger partial charge in [-0.15, -0.1) is 22.8 Å². The summed E-state index contributed by atoms with van der Waals surface area (Å²) < 4.78 is 0.869. The third kappa shape index (κ3) is 1.79. The zero-order chi connectivity index (χ0) is 11.7. The molecule has 1 aromatic heterocycles. The third-order valence-corrected chi connectivity index (χ3v) is 2.47. The lowest BCUT2D eigenvalue weighted by Crippen LogP contribution is -2.31. The molecule has 0 atom stereocenters. The first-order chi connectivity index (χ1) is 7.59. The molecule has 1 aromatic carbocycles. The van der Waals surface area contributed by atoms with Gasteiger partial charge in [0.05, 0.1) is 0 Å². The van der Waals surface area contributed by atoms with Gasteiger partial charge in [-0.2, -0.15) is 4.68 Å². The summed E-state index contributed by atoms with van der Waals surface area (Å²) in [5.41, 5.74) is 1.55. The van der Waals surface area contributed by atoms with Crippen molar-refractivity contribution < 1.29 is 0 Å². The fraction of sp³-hybridized carbons (Fsp3) is 0.100. The van der Waals surface area contributed by atoms with E-state index in [0.29, 0.717) is 5.56 Å². The number of nitrogens with two attached hydrogens (primary N) is 1. The Labute approximate surface area is 97.3 Å². The smallest absolute Gasteiger partial charge is 0.299 e. The lowest BCUT2D eigenvalue weighted by atomic mass is 10.1. The topological polar surface area (TPSA) is 73.8 Å². The fourth-order valence-electron chi connectivity index (χ4n) is 1.36. The maximum absolute atomic E-state index is 11.8. The Hall–Kier alpha value is -1.82. The molecule has 0 radical (unpaired) electrons. The van der Waals surface area contributed by atoms with E-state index in [0.717, 1.165) is 10.2 Å². The van der Waals surface area contributed by atoms with Crippen LogP contribution in [0.15, 0.2) is 34.2 Å². The lowest BCUT2D eigenvalue weighted by Gasteiger charge is -2.04. The first-order valence-electron chi connectivity index (χ1n) is 4.60. The molecule has 0 aliphatic heterocycles. The summed E-state index contributed by atoms with van der Waals surface area (Å²) in [6, 6.07) is 7.42. The highest BCUT2D eigenvalue weighted by Crippen LogP contribution is 2.13. The Morgan fingerprint density at radius 3 is 2.81 bits per heavy atom. The van der Waals surface area contributed by atoms with Gasteiger partial charge >= 0.3 is 0 Å². The van der Waals surface area contributed by atoms with Crippen molar-refractivity contribution in [2.75, 3.05) is 5.84 Å². The van der Waals surface area contributed by atoms with Gasteiger partial charge in [-0.05, 0) is 13.0 Å². The Bertz CT molecular complexity index is 594. The quantitative estimate of drug-likeness (QED) is 0.560. The van der Waals surface area contributed by atoms with Crippen LogP contribution < -0.4 is 11.4 Å². The molecule has 0 spiro atoms. The first kappa shape index (κ1) is 10.7. The van der Waals surface area contributed by atoms with Crippen molar-refractivity contribution in [2.45, 2.75) is 12.1 Å². The van der Waals surface area contributed by atoms with Crippen molar-refractivity contribution in [3.8, 4) is 11.3 Å². The van der Waals surface area contributed by atoms with E-state index in [1.54, 1.807) is 6.07 Å². The molecule has 0 amide bonds. The molecule has 0 saturated heterocycles. The van der Waals surface area contributed by atoms with Crippen LogP contribution in [0.2, 0.25) is 0 Å². The maximum Gasteiger partial charge on any atom is 0.299 e. The van der Waals surface area contributed by atoms with Crippen LogP contribution in [-0.4, -0.2) is 14.9 Å². The Morgan fingerprint density at radius 1 is 1.38 bits per heavy atom. The molecular formula is C10H10N4OS. The zero-order valence-corrected chi connectivity index (χ0v) is 9.48. The standard InChI is InChI=1S/C10H10N4OS/c1-6-3-2-4-7(5-6)8-9(15)14(11)10(16)13-12-8/h2-5H,11H2,1H3,(H,13,16). The minimum absolute atomic E-state index is 0.0846. The van der Waals surface area contributed by atoms with E-state index in [9.17, 15) is 4.79 Å². The average molecular weight is 234 g/mol. The van der Waals surface area contributed by atoms with Gasteiger partial charge in [0.1, 0.15) is 0 Å². The molecule has 2 rings (SSSR count). The van der Waals surface area contributed by atoms with Gasteiger partial charge in [0.15, 0.2) is 5.69 Å². The predicted molar refractivity (Wildman–Crippen MR) is 63.9 cm³/mol. The van der Waals surface area contributed by atoms with Crippen LogP contribution in [0.3, 0.4) is 0 Å². The van der Waals surface area contributed by atoms with Gasteiger partial charge in [-0.25, -0.2) is 0 Å². The second-order valence-electron chi connectivity index (χ2n) is 3.39. The van der Waals surface area contributed by atoms with Crippen molar-refractivity contribution in [3.05, 3.63) is 40.2 Å². The largest absolute Gasteiger partial charge is 0.334 e. The van der Waals surface area contributed by atoms with E-state index in [-0.39, 0.29) is 10.9 Å². The molecule has 0 unspecified atom stereocenters. The maximum atomic E-state index is 11.8. The van der Waals surface area contributed by atoms with Gasteiger partial charge < -0.3 is 5.84 Å². The Balaban J connectivity index is 2.66. The number of aromatic nitrogens is 3. The van der Waals surface area contributed by atoms with Gasteiger partial charge in [0.2, 0.25) is 5.16 Å². The molecule has 0 aliphatic rings. The van der Waals surface area contributed by atoms with Crippen LogP contribution in [-0.2, 0) is 0 Å². The van der Waals surface area contributed by atoms with E-state index >= 15 is 0 Å². The number of aryl methyl sites for hydroxylation is 1. The van der Waals surface area contributed by atoms with E-state index < -0.39 is 5.56 Å². The number of benzene rings is 1. The predicted octanol–water partition coefficient (Wildman–Crippen LogP) is 0.616. The highest BCUT2D eigenvalue weighted by molar-refractivity contribution is 7.80. The summed E-state index contributed by atoms with van der Waals surface area (Å²) in [4.78, 5) is 11.8. The van der Waals surface area contributed by atoms with Gasteiger partial charge in [-0.1, -0.05) is 23.8 Å². The Kier molecular flexibility index (Phi) is 2.66. The summed E-state index contributed by atoms with van der Waals surface area (Å²) in [7, 11) is 0. The average Bonchev–Trinajstić information content (AvgIpc) is 2.26. The molecule has 2 N–H and O–H groups in total. The first-order valence-corrected chi connectivity index (χ1v) is 5.05. The zero-order valence-electron chi connectivity index (χ0n) is 8.58. The van der Waals surface area contributed by atoms with Crippen molar-refractivity contribution in [1.82, 2.24) is 14.9 Å². The van der Waals surface area contributed by atoms with Crippen molar-refractivity contribution in [2.24, 2.45) is 0 Å². The van der Waals surface area contributed by atoms with Crippen LogP contribution in [0.25, 0.3) is 11.3 Å². The molecule has 6 heteroatoms. The molecular weight excluding hydrogens is 224 g/mol. The van der Waals surface area contributed by atoms with E-state index in [1.807, 2.05) is 25.1 Å². The lowest BCUT2D eigenvalue weighted by molar-refractivity contribution is 0.707. The normalized spacial score (nSPS) is 10.4. The second-order valence-corrected chi connectivity index (χ2v) is 3.79. The monoisotopic (exact) mass is 234 g/mol. The number of hydrogen-bond acceptors (Lipinski definition) is 5. The number of hydrogen-bond donors (Lipinski definition) is 2. The van der Waals surface area contributed by atoms with Crippen molar-refractivity contribution in [3.63, 3.8) is 0 Å². The minimum atomic E-state index is -0.411. The van der Waals surface area contributed by atoms with Crippen LogP contribution in [0, 0.1) is 6.92 Å². The SMILES string of the molecule is Cc1cccc(-c2nnc(S)n(N)c2=O)c1. The van der Waals surface area contributed by atoms with Crippen LogP contribution in [0.1, 0.15) is 5.56 Å². The highest BCUT2D eigenvalue weighted by Gasteiger charge is 2.09. The molecule has 0 aliphatic carbocycles. The fourth-order valence-corrected chi connectivity index (χ4v) is 1.50. The summed E-state index contributed by atoms with van der Waals surface area (Å²) >= 11 is 3.91. The molecule has 5 nitrogen and oxygen atoms in total. The molecule has 1 heterocycles. The summed E-state index contributed by atoms with van der Waals surface area (Å²) in [6.45, 7) is 1.94. The summed E-state index contributed by atoms with van der Waals surface area (Å²) in [5.74, 6) is 5.48. The number of nitrogens with zero attached hydrogens (tertiary/aromatic N) is 3. The van der Waals surface area contributed by atoms with Crippen LogP contribution >= 0.6 is 12.6 Å². The number of rotatable bonds is 1.